The summed E-state index contributed by atoms with van der Waals surface area (Å²) in [5.41, 5.74) is 0. The van der Waals surface area contributed by atoms with Gasteiger partial charge in [-0.25, -0.2) is 21.6 Å². The number of nitrogens with one attached hydrogen (secondary N) is 1. The third-order valence-corrected chi connectivity index (χ3v) is 4.42. The molecule has 1 N–H and O–H groups in total. The molecule has 0 aromatic carbocycles. The van der Waals surface area contributed by atoms with E-state index in [1.165, 1.54) is 0 Å². The van der Waals surface area contributed by atoms with Crippen molar-refractivity contribution in [2.45, 2.75) is 37.0 Å². The first-order valence-electron chi connectivity index (χ1n) is 4.60. The average Bonchev–Trinajstić information content (AvgIpc) is 1.99. The molecule has 1 rings (SSSR count). The minimum atomic E-state index is -4.30. The van der Waals surface area contributed by atoms with Gasteiger partial charge in [0.05, 0.1) is 21.6 Å². The van der Waals surface area contributed by atoms with Gasteiger partial charge in [-0.05, 0) is 19.3 Å². The third-order valence-electron chi connectivity index (χ3n) is 2.42. The summed E-state index contributed by atoms with van der Waals surface area (Å²) in [6.45, 7) is 0. The summed E-state index contributed by atoms with van der Waals surface area (Å²) in [4.78, 5) is 0. The minimum absolute atomic E-state index is 0. The second kappa shape index (κ2) is 5.84. The molecule has 0 aliphatic heterocycles. The number of hydrogen-bond acceptors (Lipinski definition) is 5. The fourth-order valence-electron chi connectivity index (χ4n) is 1.82. The molecule has 0 amide bonds. The van der Waals surface area contributed by atoms with Crippen LogP contribution in [0.4, 0.5) is 0 Å². The first-order chi connectivity index (χ1) is 6.68. The van der Waals surface area contributed by atoms with Crippen molar-refractivity contribution in [2.75, 3.05) is 6.26 Å². The zero-order valence-electron chi connectivity index (χ0n) is 9.34. The third kappa shape index (κ3) is 5.66. The number of sulfonamides is 1. The van der Waals surface area contributed by atoms with Crippen LogP contribution in [0.2, 0.25) is 0 Å². The first-order valence-corrected chi connectivity index (χ1v) is 7.97. The summed E-state index contributed by atoms with van der Waals surface area (Å²) in [6, 6.07) is -0.428. The first kappa shape index (κ1) is 16.4. The maximum Gasteiger partial charge on any atom is 1.00 e. The van der Waals surface area contributed by atoms with Gasteiger partial charge in [-0.3, -0.25) is 0 Å². The molecule has 90 valence electrons. The van der Waals surface area contributed by atoms with Crippen LogP contribution in [0.3, 0.4) is 0 Å². The normalized spacial score (nSPS) is 27.1. The van der Waals surface area contributed by atoms with Crippen LogP contribution in [-0.2, 0) is 20.1 Å². The predicted octanol–water partition coefficient (Wildman–Crippen LogP) is -3.60. The Morgan fingerprint density at radius 3 is 2.19 bits per heavy atom. The van der Waals surface area contributed by atoms with E-state index in [9.17, 15) is 21.4 Å². The zero-order chi connectivity index (χ0) is 11.7. The van der Waals surface area contributed by atoms with E-state index in [-0.39, 0.29) is 25.3 Å². The van der Waals surface area contributed by atoms with Gasteiger partial charge in [-0.15, -0.1) is 0 Å². The van der Waals surface area contributed by atoms with Crippen LogP contribution >= 0.6 is 0 Å². The summed E-state index contributed by atoms with van der Waals surface area (Å²) in [5, 5.41) is -0.953. The van der Waals surface area contributed by atoms with Crippen LogP contribution in [0.1, 0.15) is 25.7 Å². The second-order valence-corrected chi connectivity index (χ2v) is 7.30. The van der Waals surface area contributed by atoms with Gasteiger partial charge in [0.25, 0.3) is 0 Å². The molecule has 16 heavy (non-hydrogen) atoms. The second-order valence-electron chi connectivity index (χ2n) is 3.87. The summed E-state index contributed by atoms with van der Waals surface area (Å²) >= 11 is 0. The van der Waals surface area contributed by atoms with Crippen molar-refractivity contribution in [3.63, 3.8) is 0 Å². The average molecular weight is 263 g/mol. The monoisotopic (exact) mass is 263 g/mol. The van der Waals surface area contributed by atoms with Gasteiger partial charge in [0.2, 0.25) is 10.0 Å². The van der Waals surface area contributed by atoms with E-state index in [4.69, 9.17) is 0 Å². The van der Waals surface area contributed by atoms with Crippen molar-refractivity contribution < 1.29 is 40.2 Å². The predicted molar refractivity (Wildman–Crippen MR) is 53.7 cm³/mol. The molecule has 2 atom stereocenters. The Kier molecular flexibility index (Phi) is 6.00. The van der Waals surface area contributed by atoms with E-state index in [0.717, 1.165) is 6.26 Å². The van der Waals surface area contributed by atoms with Crippen LogP contribution in [0, 0.1) is 0 Å². The summed E-state index contributed by atoms with van der Waals surface area (Å²) in [7, 11) is -7.64. The Morgan fingerprint density at radius 1 is 1.19 bits per heavy atom. The van der Waals surface area contributed by atoms with Gasteiger partial charge in [0, 0.05) is 6.04 Å². The van der Waals surface area contributed by atoms with Crippen LogP contribution in [-0.4, -0.2) is 38.9 Å². The quantitative estimate of drug-likeness (QED) is 0.418. The van der Waals surface area contributed by atoms with Crippen molar-refractivity contribution >= 4 is 20.1 Å². The molecular weight excluding hydrogens is 249 g/mol. The smallest absolute Gasteiger partial charge is 0.748 e. The largest absolute Gasteiger partial charge is 1.00 e. The van der Waals surface area contributed by atoms with E-state index in [1.807, 2.05) is 0 Å². The molecular formula is C7H14LiNO5S2. The van der Waals surface area contributed by atoms with Gasteiger partial charge in [-0.1, -0.05) is 6.42 Å². The van der Waals surface area contributed by atoms with E-state index >= 15 is 0 Å². The van der Waals surface area contributed by atoms with Gasteiger partial charge >= 0.3 is 18.9 Å². The van der Waals surface area contributed by atoms with Crippen molar-refractivity contribution in [2.24, 2.45) is 0 Å². The van der Waals surface area contributed by atoms with E-state index in [1.54, 1.807) is 0 Å². The van der Waals surface area contributed by atoms with Gasteiger partial charge in [0.1, 0.15) is 0 Å². The SMILES string of the molecule is CS(=O)(=O)NC1CCCC(S(=O)(=O)[O-])C1.[Li+]. The van der Waals surface area contributed by atoms with E-state index in [2.05, 4.69) is 4.72 Å². The van der Waals surface area contributed by atoms with Crippen molar-refractivity contribution in [3.05, 3.63) is 0 Å². The molecule has 2 unspecified atom stereocenters. The molecule has 0 heterocycles. The number of rotatable bonds is 3. The molecule has 0 bridgehead atoms. The van der Waals surface area contributed by atoms with Crippen LogP contribution < -0.4 is 23.6 Å². The fourth-order valence-corrected chi connectivity index (χ4v) is 3.56. The molecule has 1 aliphatic carbocycles. The molecule has 0 aromatic rings. The topological polar surface area (TPSA) is 103 Å². The molecule has 0 radical (unpaired) electrons. The summed E-state index contributed by atoms with van der Waals surface area (Å²) in [5.74, 6) is 0. The molecule has 1 saturated carbocycles. The van der Waals surface area contributed by atoms with Crippen LogP contribution in [0.25, 0.3) is 0 Å². The molecule has 0 spiro atoms. The molecule has 6 nitrogen and oxygen atoms in total. The van der Waals surface area contributed by atoms with Crippen molar-refractivity contribution in [1.29, 1.82) is 0 Å². The molecule has 0 saturated heterocycles. The van der Waals surface area contributed by atoms with Crippen molar-refractivity contribution in [1.82, 2.24) is 4.72 Å². The minimum Gasteiger partial charge on any atom is -0.748 e. The summed E-state index contributed by atoms with van der Waals surface area (Å²) < 4.78 is 56.5. The van der Waals surface area contributed by atoms with Crippen LogP contribution in [0.15, 0.2) is 0 Å². The Bertz CT molecular complexity index is 418. The number of hydrogen-bond donors (Lipinski definition) is 1. The molecule has 1 aliphatic rings. The Balaban J connectivity index is 0.00000225. The summed E-state index contributed by atoms with van der Waals surface area (Å²) in [6.07, 6.45) is 2.56. The van der Waals surface area contributed by atoms with Crippen LogP contribution in [0.5, 0.6) is 0 Å². The standard InChI is InChI=1S/C7H15NO5S2.Li/c1-14(9,10)8-6-3-2-4-7(5-6)15(11,12)13;/h6-8H,2-5H2,1H3,(H,11,12,13);/q;+1/p-1. The van der Waals surface area contributed by atoms with Gasteiger partial charge in [-0.2, -0.15) is 0 Å². The van der Waals surface area contributed by atoms with E-state index < -0.39 is 31.4 Å². The molecule has 9 heteroatoms. The fraction of sp³-hybridized carbons (Fsp3) is 1.00. The van der Waals surface area contributed by atoms with Gasteiger partial charge < -0.3 is 4.55 Å². The maximum absolute atomic E-state index is 10.9. The molecule has 0 aromatic heterocycles. The Hall–Kier alpha value is 0.417. The van der Waals surface area contributed by atoms with Gasteiger partial charge in [0.15, 0.2) is 0 Å². The molecule has 1 fully saturated rings. The van der Waals surface area contributed by atoms with E-state index in [0.29, 0.717) is 19.3 Å². The Labute approximate surface area is 108 Å². The Morgan fingerprint density at radius 2 is 1.75 bits per heavy atom. The maximum atomic E-state index is 10.9. The van der Waals surface area contributed by atoms with Crippen molar-refractivity contribution in [3.8, 4) is 0 Å². The zero-order valence-corrected chi connectivity index (χ0v) is 11.0.